The fraction of sp³-hybridized carbons (Fsp3) is 0.321. The lowest BCUT2D eigenvalue weighted by Crippen LogP contribution is -2.47. The van der Waals surface area contributed by atoms with Crippen molar-refractivity contribution in [3.05, 3.63) is 65.6 Å². The standard InChI is InChI=1S/C28H28F3N9O7/c1-14(2)18-8-22(35-23-17(18)5-7-37(23)16-11-33-38(13-16)27(29,30)31)34-21-9-19-20(12-32-21)40(28(44,45)46)25(42)39(19)15-4-6-26(43,10-15)36-24(41)47-3/h5,7-9,11-13,15,43-46H,1,4,6,10H2,2-3H3,(H,36,41)(H,32,34,35). The van der Waals surface area contributed by atoms with Gasteiger partial charge >= 0.3 is 24.2 Å². The average Bonchev–Trinajstić information content (AvgIpc) is 3.75. The highest BCUT2D eigenvalue weighted by molar-refractivity contribution is 5.92. The van der Waals surface area contributed by atoms with Crippen molar-refractivity contribution in [2.24, 2.45) is 0 Å². The summed E-state index contributed by atoms with van der Waals surface area (Å²) >= 11 is 0. The Morgan fingerprint density at radius 1 is 1.17 bits per heavy atom. The molecule has 1 aliphatic carbocycles. The van der Waals surface area contributed by atoms with Crippen molar-refractivity contribution in [2.45, 2.75) is 50.4 Å². The van der Waals surface area contributed by atoms with Gasteiger partial charge in [0.15, 0.2) is 0 Å². The number of carbonyl (C=O) groups excluding carboxylic acids is 1. The SMILES string of the molecule is C=C(C)c1cc(Nc2cc3c(cn2)n(C(O)(O)O)c(=O)n3C2CCC(O)(NC(=O)OC)C2)nc2c1ccn2-c1cnn(C(F)(F)F)c1. The molecular formula is C28H28F3N9O7. The van der Waals surface area contributed by atoms with Gasteiger partial charge in [0.2, 0.25) is 0 Å². The highest BCUT2D eigenvalue weighted by Crippen LogP contribution is 2.38. The van der Waals surface area contributed by atoms with Gasteiger partial charge < -0.3 is 30.5 Å². The summed E-state index contributed by atoms with van der Waals surface area (Å²) in [7, 11) is 1.12. The first-order valence-electron chi connectivity index (χ1n) is 14.0. The number of alkyl halides is 3. The molecule has 2 atom stereocenters. The molecule has 0 aromatic carbocycles. The first kappa shape index (κ1) is 31.7. The molecule has 1 saturated carbocycles. The number of allylic oxidation sites excluding steroid dienone is 1. The van der Waals surface area contributed by atoms with Gasteiger partial charge in [0.05, 0.1) is 42.4 Å². The molecule has 0 spiro atoms. The zero-order chi connectivity index (χ0) is 34.1. The fourth-order valence-electron chi connectivity index (χ4n) is 5.84. The molecule has 6 N–H and O–H groups in total. The smallest absolute Gasteiger partial charge is 0.453 e. The van der Waals surface area contributed by atoms with Crippen molar-refractivity contribution >= 4 is 45.4 Å². The maximum Gasteiger partial charge on any atom is 0.504 e. The molecule has 0 aliphatic heterocycles. The summed E-state index contributed by atoms with van der Waals surface area (Å²) in [5.74, 6) is 0.295. The minimum atomic E-state index is -4.72. The lowest BCUT2D eigenvalue weighted by molar-refractivity contribution is -0.374. The van der Waals surface area contributed by atoms with Crippen LogP contribution >= 0.6 is 0 Å². The Hall–Kier alpha value is -5.24. The van der Waals surface area contributed by atoms with Crippen LogP contribution in [0.2, 0.25) is 0 Å². The van der Waals surface area contributed by atoms with Crippen LogP contribution in [0.4, 0.5) is 29.6 Å². The Bertz CT molecular complexity index is 2110. The van der Waals surface area contributed by atoms with Crippen LogP contribution in [0.25, 0.3) is 33.3 Å². The molecule has 5 aromatic heterocycles. The van der Waals surface area contributed by atoms with E-state index < -0.39 is 35.9 Å². The molecule has 0 radical (unpaired) electrons. The third-order valence-corrected chi connectivity index (χ3v) is 7.89. The van der Waals surface area contributed by atoms with Crippen LogP contribution in [0.15, 0.2) is 54.4 Å². The number of rotatable bonds is 7. The summed E-state index contributed by atoms with van der Waals surface area (Å²) in [4.78, 5) is 34.1. The molecule has 47 heavy (non-hydrogen) atoms. The predicted octanol–water partition coefficient (Wildman–Crippen LogP) is 2.30. The quantitative estimate of drug-likeness (QED) is 0.140. The third-order valence-electron chi connectivity index (χ3n) is 7.89. The molecule has 2 unspecified atom stereocenters. The van der Waals surface area contributed by atoms with E-state index in [1.807, 2.05) is 0 Å². The maximum absolute atomic E-state index is 13.5. The number of halogens is 3. The van der Waals surface area contributed by atoms with Gasteiger partial charge in [-0.2, -0.15) is 9.78 Å². The van der Waals surface area contributed by atoms with Crippen LogP contribution in [-0.2, 0) is 17.1 Å². The highest BCUT2D eigenvalue weighted by atomic mass is 19.4. The van der Waals surface area contributed by atoms with Crippen molar-refractivity contribution in [3.63, 3.8) is 0 Å². The van der Waals surface area contributed by atoms with Crippen molar-refractivity contribution in [3.8, 4) is 5.69 Å². The molecule has 16 nitrogen and oxygen atoms in total. The Labute approximate surface area is 261 Å². The maximum atomic E-state index is 13.5. The second-order valence-electron chi connectivity index (χ2n) is 11.2. The number of nitrogens with zero attached hydrogens (tertiary/aromatic N) is 7. The second kappa shape index (κ2) is 10.9. The Morgan fingerprint density at radius 2 is 1.91 bits per heavy atom. The van der Waals surface area contributed by atoms with E-state index in [4.69, 9.17) is 0 Å². The number of ether oxygens (including phenoxy) is 1. The Kier molecular flexibility index (Phi) is 7.38. The number of anilines is 2. The first-order chi connectivity index (χ1) is 22.0. The number of carbonyl (C=O) groups is 1. The van der Waals surface area contributed by atoms with Gasteiger partial charge in [-0.3, -0.25) is 14.5 Å². The number of hydrogen-bond donors (Lipinski definition) is 6. The zero-order valence-corrected chi connectivity index (χ0v) is 24.7. The van der Waals surface area contributed by atoms with E-state index in [-0.39, 0.29) is 57.9 Å². The third kappa shape index (κ3) is 5.69. The monoisotopic (exact) mass is 659 g/mol. The number of pyridine rings is 2. The predicted molar refractivity (Wildman–Crippen MR) is 158 cm³/mol. The lowest BCUT2D eigenvalue weighted by atomic mass is 10.1. The van der Waals surface area contributed by atoms with E-state index in [1.165, 1.54) is 10.6 Å². The number of alkyl carbamates (subject to hydrolysis) is 1. The normalized spacial score (nSPS) is 18.6. The van der Waals surface area contributed by atoms with Gasteiger partial charge in [-0.05, 0) is 37.5 Å². The molecule has 0 saturated heterocycles. The van der Waals surface area contributed by atoms with Gasteiger partial charge in [-0.1, -0.05) is 12.2 Å². The zero-order valence-electron chi connectivity index (χ0n) is 24.7. The van der Waals surface area contributed by atoms with Gasteiger partial charge in [0.25, 0.3) is 0 Å². The van der Waals surface area contributed by atoms with Crippen LogP contribution < -0.4 is 16.3 Å². The fourth-order valence-corrected chi connectivity index (χ4v) is 5.84. The topological polar surface area (TPSA) is 207 Å². The molecule has 0 bridgehead atoms. The molecule has 1 aliphatic rings. The molecule has 19 heteroatoms. The Morgan fingerprint density at radius 3 is 2.55 bits per heavy atom. The van der Waals surface area contributed by atoms with E-state index in [0.29, 0.717) is 21.1 Å². The molecule has 5 aromatic rings. The lowest BCUT2D eigenvalue weighted by Gasteiger charge is -2.23. The molecular weight excluding hydrogens is 631 g/mol. The van der Waals surface area contributed by atoms with Crippen LogP contribution in [0.1, 0.15) is 37.8 Å². The van der Waals surface area contributed by atoms with E-state index >= 15 is 0 Å². The molecule has 1 fully saturated rings. The van der Waals surface area contributed by atoms with Crippen LogP contribution in [0.3, 0.4) is 0 Å². The summed E-state index contributed by atoms with van der Waals surface area (Å²) in [6.45, 7) is 5.74. The first-order valence-corrected chi connectivity index (χ1v) is 14.0. The number of aromatic nitrogens is 7. The highest BCUT2D eigenvalue weighted by Gasteiger charge is 2.42. The molecule has 5 heterocycles. The van der Waals surface area contributed by atoms with E-state index in [0.717, 1.165) is 30.3 Å². The number of nitrogens with one attached hydrogen (secondary N) is 2. The van der Waals surface area contributed by atoms with Crippen molar-refractivity contribution in [1.29, 1.82) is 0 Å². The summed E-state index contributed by atoms with van der Waals surface area (Å²) < 4.78 is 46.9. The minimum absolute atomic E-state index is 0.0275. The number of aliphatic hydroxyl groups is 4. The largest absolute Gasteiger partial charge is 0.504 e. The molecule has 6 rings (SSSR count). The average molecular weight is 660 g/mol. The number of methoxy groups -OCH3 is 1. The second-order valence-corrected chi connectivity index (χ2v) is 11.2. The number of hydrogen-bond acceptors (Lipinski definition) is 11. The Balaban J connectivity index is 1.43. The van der Waals surface area contributed by atoms with Crippen molar-refractivity contribution in [2.75, 3.05) is 12.4 Å². The minimum Gasteiger partial charge on any atom is -0.453 e. The van der Waals surface area contributed by atoms with Gasteiger partial charge in [0, 0.05) is 30.1 Å². The van der Waals surface area contributed by atoms with Crippen LogP contribution in [0, 0.1) is 0 Å². The van der Waals surface area contributed by atoms with Gasteiger partial charge in [-0.25, -0.2) is 24.1 Å². The van der Waals surface area contributed by atoms with E-state index in [2.05, 4.69) is 37.0 Å². The van der Waals surface area contributed by atoms with Crippen molar-refractivity contribution < 1.29 is 43.1 Å². The van der Waals surface area contributed by atoms with E-state index in [9.17, 15) is 43.2 Å². The summed E-state index contributed by atoms with van der Waals surface area (Å²) in [6, 6.07) is 3.92. The summed E-state index contributed by atoms with van der Waals surface area (Å²) in [5, 5.41) is 50.3. The summed E-state index contributed by atoms with van der Waals surface area (Å²) in [5.41, 5.74) is -1.27. The van der Waals surface area contributed by atoms with Crippen LogP contribution in [-0.4, -0.2) is 72.8 Å². The molecule has 1 amide bonds. The van der Waals surface area contributed by atoms with Crippen molar-refractivity contribution in [1.82, 2.24) is 38.8 Å². The summed E-state index contributed by atoms with van der Waals surface area (Å²) in [6.07, 6.45) is -4.68. The van der Waals surface area contributed by atoms with Gasteiger partial charge in [0.1, 0.15) is 23.0 Å². The van der Waals surface area contributed by atoms with E-state index in [1.54, 1.807) is 25.3 Å². The number of amides is 1. The van der Waals surface area contributed by atoms with Crippen LogP contribution in [0.5, 0.6) is 0 Å². The van der Waals surface area contributed by atoms with Gasteiger partial charge in [-0.15, -0.1) is 13.2 Å². The number of fused-ring (bicyclic) bond motifs is 2. The number of imidazole rings is 1. The molecule has 248 valence electrons.